The van der Waals surface area contributed by atoms with Crippen LogP contribution in [0.1, 0.15) is 17.3 Å². The first-order chi connectivity index (χ1) is 22.8. The van der Waals surface area contributed by atoms with Crippen molar-refractivity contribution in [2.45, 2.75) is 12.5 Å². The van der Waals surface area contributed by atoms with Crippen molar-refractivity contribution in [3.05, 3.63) is 169 Å². The molecule has 0 saturated heterocycles. The summed E-state index contributed by atoms with van der Waals surface area (Å²) in [5.74, 6) is 1.70. The number of para-hydroxylation sites is 2. The monoisotopic (exact) mass is 594 g/mol. The molecule has 0 fully saturated rings. The van der Waals surface area contributed by atoms with E-state index < -0.39 is 6.29 Å². The van der Waals surface area contributed by atoms with Crippen LogP contribution in [-0.2, 0) is 0 Å². The molecule has 5 heteroatoms. The minimum absolute atomic E-state index is 0.168. The predicted octanol–water partition coefficient (Wildman–Crippen LogP) is 9.51. The first kappa shape index (κ1) is 26.5. The Balaban J connectivity index is 1.31. The Bertz CT molecular complexity index is 2220. The molecule has 3 heterocycles. The van der Waals surface area contributed by atoms with E-state index in [2.05, 4.69) is 155 Å². The third-order valence-corrected chi connectivity index (χ3v) is 8.91. The lowest BCUT2D eigenvalue weighted by molar-refractivity contribution is 0.404. The Morgan fingerprint density at radius 1 is 0.565 bits per heavy atom. The SMILES string of the molecule is c1ccc(C2=NC(N3c4ccccc4-c4oc5ccccc5c4-c4cc(-c5ccccc5)ccc43)NC(c3ccccc3)N2)cc1. The van der Waals surface area contributed by atoms with Gasteiger partial charge in [0.1, 0.15) is 23.3 Å². The molecule has 0 amide bonds. The van der Waals surface area contributed by atoms with E-state index in [1.54, 1.807) is 0 Å². The molecular weight excluding hydrogens is 564 g/mol. The van der Waals surface area contributed by atoms with Crippen molar-refractivity contribution in [3.8, 4) is 33.6 Å². The fourth-order valence-corrected chi connectivity index (χ4v) is 6.76. The van der Waals surface area contributed by atoms with E-state index in [1.807, 2.05) is 18.2 Å². The minimum Gasteiger partial charge on any atom is -0.455 e. The highest BCUT2D eigenvalue weighted by Gasteiger charge is 2.36. The van der Waals surface area contributed by atoms with E-state index in [1.165, 1.54) is 5.56 Å². The van der Waals surface area contributed by atoms with Crippen LogP contribution < -0.4 is 15.5 Å². The van der Waals surface area contributed by atoms with Crippen molar-refractivity contribution in [2.24, 2.45) is 4.99 Å². The predicted molar refractivity (Wildman–Crippen MR) is 187 cm³/mol. The van der Waals surface area contributed by atoms with E-state index in [-0.39, 0.29) is 6.17 Å². The van der Waals surface area contributed by atoms with Crippen molar-refractivity contribution in [1.29, 1.82) is 0 Å². The van der Waals surface area contributed by atoms with Gasteiger partial charge in [0.05, 0.1) is 11.4 Å². The summed E-state index contributed by atoms with van der Waals surface area (Å²) < 4.78 is 6.72. The van der Waals surface area contributed by atoms with E-state index >= 15 is 0 Å². The lowest BCUT2D eigenvalue weighted by Gasteiger charge is -2.39. The van der Waals surface area contributed by atoms with Gasteiger partial charge in [-0.15, -0.1) is 0 Å². The maximum atomic E-state index is 6.72. The summed E-state index contributed by atoms with van der Waals surface area (Å²) in [4.78, 5) is 7.71. The number of amidine groups is 1. The highest BCUT2D eigenvalue weighted by molar-refractivity contribution is 6.09. The molecule has 7 aromatic rings. The Kier molecular flexibility index (Phi) is 6.28. The number of hydrogen-bond donors (Lipinski definition) is 2. The van der Waals surface area contributed by atoms with Gasteiger partial charge in [0.25, 0.3) is 0 Å². The molecule has 6 aromatic carbocycles. The smallest absolute Gasteiger partial charge is 0.184 e. The van der Waals surface area contributed by atoms with Gasteiger partial charge in [-0.1, -0.05) is 127 Å². The quantitative estimate of drug-likeness (QED) is 0.213. The Morgan fingerprint density at radius 2 is 1.22 bits per heavy atom. The fourth-order valence-electron chi connectivity index (χ4n) is 6.76. The molecule has 0 aliphatic carbocycles. The molecule has 5 nitrogen and oxygen atoms in total. The van der Waals surface area contributed by atoms with Crippen LogP contribution in [0.15, 0.2) is 167 Å². The molecule has 1 aromatic heterocycles. The summed E-state index contributed by atoms with van der Waals surface area (Å²) in [5, 5.41) is 8.62. The number of nitrogens with zero attached hydrogens (tertiary/aromatic N) is 2. The summed E-state index contributed by atoms with van der Waals surface area (Å²) in [6, 6.07) is 55.0. The molecule has 2 atom stereocenters. The number of anilines is 2. The number of aliphatic imine (C=N–C) groups is 1. The summed E-state index contributed by atoms with van der Waals surface area (Å²) in [7, 11) is 0. The molecule has 0 spiro atoms. The maximum absolute atomic E-state index is 6.72. The maximum Gasteiger partial charge on any atom is 0.184 e. The van der Waals surface area contributed by atoms with Crippen LogP contribution in [0.4, 0.5) is 11.4 Å². The third-order valence-electron chi connectivity index (χ3n) is 8.91. The van der Waals surface area contributed by atoms with E-state index in [0.717, 1.165) is 67.3 Å². The number of nitrogens with one attached hydrogen (secondary N) is 2. The number of furan rings is 1. The average molecular weight is 595 g/mol. The second-order valence-corrected chi connectivity index (χ2v) is 11.7. The van der Waals surface area contributed by atoms with E-state index in [0.29, 0.717) is 0 Å². The highest BCUT2D eigenvalue weighted by atomic mass is 16.3. The summed E-state index contributed by atoms with van der Waals surface area (Å²) in [5.41, 5.74) is 10.7. The zero-order valence-electron chi connectivity index (χ0n) is 25.0. The lowest BCUT2D eigenvalue weighted by Crippen LogP contribution is -2.54. The second-order valence-electron chi connectivity index (χ2n) is 11.7. The van der Waals surface area contributed by atoms with Gasteiger partial charge in [-0.05, 0) is 47.0 Å². The van der Waals surface area contributed by atoms with Gasteiger partial charge < -0.3 is 14.6 Å². The van der Waals surface area contributed by atoms with Crippen LogP contribution in [0.5, 0.6) is 0 Å². The second kappa shape index (κ2) is 10.9. The van der Waals surface area contributed by atoms with Gasteiger partial charge in [-0.2, -0.15) is 0 Å². The van der Waals surface area contributed by atoms with Crippen molar-refractivity contribution in [3.63, 3.8) is 0 Å². The molecule has 9 rings (SSSR count). The Hall–Kier alpha value is -5.91. The van der Waals surface area contributed by atoms with Crippen molar-refractivity contribution in [1.82, 2.24) is 10.6 Å². The number of fused-ring (bicyclic) bond motifs is 7. The van der Waals surface area contributed by atoms with Crippen molar-refractivity contribution >= 4 is 28.2 Å². The highest BCUT2D eigenvalue weighted by Crippen LogP contribution is 2.53. The van der Waals surface area contributed by atoms with Crippen LogP contribution in [0, 0.1) is 0 Å². The number of rotatable bonds is 4. The zero-order valence-corrected chi connectivity index (χ0v) is 25.0. The molecule has 0 radical (unpaired) electrons. The number of hydrogen-bond acceptors (Lipinski definition) is 5. The van der Waals surface area contributed by atoms with Gasteiger partial charge in [-0.3, -0.25) is 5.32 Å². The Labute approximate surface area is 267 Å². The summed E-state index contributed by atoms with van der Waals surface area (Å²) in [6.45, 7) is 0. The van der Waals surface area contributed by atoms with Crippen LogP contribution in [0.3, 0.4) is 0 Å². The molecule has 2 N–H and O–H groups in total. The minimum atomic E-state index is -0.431. The lowest BCUT2D eigenvalue weighted by atomic mass is 9.95. The van der Waals surface area contributed by atoms with Crippen LogP contribution in [0.25, 0.3) is 44.5 Å². The topological polar surface area (TPSA) is 52.8 Å². The fraction of sp³-hybridized carbons (Fsp3) is 0.0488. The van der Waals surface area contributed by atoms with Gasteiger partial charge in [0.15, 0.2) is 6.29 Å². The van der Waals surface area contributed by atoms with Gasteiger partial charge >= 0.3 is 0 Å². The first-order valence-electron chi connectivity index (χ1n) is 15.6. The molecule has 0 saturated carbocycles. The largest absolute Gasteiger partial charge is 0.455 e. The molecule has 2 aliphatic heterocycles. The van der Waals surface area contributed by atoms with Crippen molar-refractivity contribution < 1.29 is 4.42 Å². The molecule has 46 heavy (non-hydrogen) atoms. The van der Waals surface area contributed by atoms with Crippen LogP contribution in [-0.4, -0.2) is 12.1 Å². The molecular formula is C41H30N4O. The average Bonchev–Trinajstić information content (AvgIpc) is 3.47. The van der Waals surface area contributed by atoms with Crippen molar-refractivity contribution in [2.75, 3.05) is 4.90 Å². The van der Waals surface area contributed by atoms with Gasteiger partial charge in [0.2, 0.25) is 0 Å². The molecule has 0 bridgehead atoms. The Morgan fingerprint density at radius 3 is 2.02 bits per heavy atom. The van der Waals surface area contributed by atoms with Gasteiger partial charge in [0, 0.05) is 27.6 Å². The molecule has 220 valence electrons. The van der Waals surface area contributed by atoms with Gasteiger partial charge in [-0.25, -0.2) is 4.99 Å². The van der Waals surface area contributed by atoms with E-state index in [9.17, 15) is 0 Å². The standard InChI is InChI=1S/C41H30N4O/c1-4-14-27(15-5-1)30-24-25-35-33(26-30)37-32-21-11-13-23-36(32)46-38(37)31-20-10-12-22-34(31)45(35)41-43-39(28-16-6-2-7-17-28)42-40(44-41)29-18-8-3-9-19-29/h1-26,39,41,43H,(H,42,44). The van der Waals surface area contributed by atoms with E-state index in [4.69, 9.17) is 9.41 Å². The normalized spacial score (nSPS) is 16.9. The summed E-state index contributed by atoms with van der Waals surface area (Å²) in [6.07, 6.45) is -0.599. The zero-order chi connectivity index (χ0) is 30.5. The third kappa shape index (κ3) is 4.40. The first-order valence-corrected chi connectivity index (χ1v) is 15.6. The van der Waals surface area contributed by atoms with Crippen LogP contribution >= 0.6 is 0 Å². The number of benzene rings is 6. The molecule has 2 aliphatic rings. The summed E-state index contributed by atoms with van der Waals surface area (Å²) >= 11 is 0. The van der Waals surface area contributed by atoms with Crippen LogP contribution in [0.2, 0.25) is 0 Å². The molecule has 2 unspecified atom stereocenters.